The molecule has 0 spiro atoms. The summed E-state index contributed by atoms with van der Waals surface area (Å²) in [7, 11) is 1.84. The Kier molecular flexibility index (Phi) is 7.06. The van der Waals surface area contributed by atoms with E-state index in [4.69, 9.17) is 0 Å². The maximum Gasteiger partial charge on any atom is 0.191 e. The molecule has 2 atom stereocenters. The van der Waals surface area contributed by atoms with Gasteiger partial charge in [0.15, 0.2) is 5.96 Å². The Balaban J connectivity index is 1.46. The number of guanidine groups is 1. The van der Waals surface area contributed by atoms with Gasteiger partial charge in [0.2, 0.25) is 0 Å². The molecule has 1 saturated carbocycles. The molecule has 2 unspecified atom stereocenters. The number of piperidine rings is 1. The van der Waals surface area contributed by atoms with Gasteiger partial charge in [-0.25, -0.2) is 4.98 Å². The van der Waals surface area contributed by atoms with E-state index < -0.39 is 0 Å². The monoisotopic (exact) mass is 375 g/mol. The van der Waals surface area contributed by atoms with Crippen LogP contribution in [-0.2, 0) is 6.54 Å². The fourth-order valence-electron chi connectivity index (χ4n) is 3.81. The first-order chi connectivity index (χ1) is 12.7. The molecular weight excluding hydrogens is 342 g/mol. The lowest BCUT2D eigenvalue weighted by atomic mass is 9.99. The number of pyridine rings is 1. The van der Waals surface area contributed by atoms with Crippen LogP contribution in [0.2, 0.25) is 0 Å². The Labute approximate surface area is 162 Å². The van der Waals surface area contributed by atoms with Crippen LogP contribution in [0.25, 0.3) is 0 Å². The van der Waals surface area contributed by atoms with E-state index in [-0.39, 0.29) is 0 Å². The van der Waals surface area contributed by atoms with Gasteiger partial charge in [-0.05, 0) is 55.9 Å². The molecule has 1 aliphatic carbocycles. The standard InChI is InChI=1S/C20H33N5S/c1-15-8-10-25(11-9-15)19-7-4-16(13-22-19)14-23-20(21-2)24-17-5-6-18(12-17)26-3/h4,7,13,15,17-18H,5-6,8-12,14H2,1-3H3,(H2,21,23,24). The molecule has 144 valence electrons. The van der Waals surface area contributed by atoms with Crippen LogP contribution in [0.5, 0.6) is 0 Å². The number of hydrogen-bond acceptors (Lipinski definition) is 4. The van der Waals surface area contributed by atoms with Crippen LogP contribution in [0.4, 0.5) is 5.82 Å². The predicted molar refractivity (Wildman–Crippen MR) is 113 cm³/mol. The topological polar surface area (TPSA) is 52.6 Å². The average Bonchev–Trinajstić information content (AvgIpc) is 3.14. The molecule has 2 N–H and O–H groups in total. The quantitative estimate of drug-likeness (QED) is 0.611. The lowest BCUT2D eigenvalue weighted by Gasteiger charge is -2.31. The Morgan fingerprint density at radius 2 is 2.08 bits per heavy atom. The highest BCUT2D eigenvalue weighted by Crippen LogP contribution is 2.28. The summed E-state index contributed by atoms with van der Waals surface area (Å²) in [5.74, 6) is 2.85. The van der Waals surface area contributed by atoms with Crippen molar-refractivity contribution in [3.05, 3.63) is 23.9 Å². The van der Waals surface area contributed by atoms with Crippen molar-refractivity contribution in [2.24, 2.45) is 10.9 Å². The van der Waals surface area contributed by atoms with Gasteiger partial charge in [-0.2, -0.15) is 11.8 Å². The van der Waals surface area contributed by atoms with Gasteiger partial charge < -0.3 is 15.5 Å². The maximum absolute atomic E-state index is 4.68. The van der Waals surface area contributed by atoms with Gasteiger partial charge in [0.05, 0.1) is 0 Å². The second kappa shape index (κ2) is 9.49. The Morgan fingerprint density at radius 3 is 2.69 bits per heavy atom. The zero-order valence-electron chi connectivity index (χ0n) is 16.4. The van der Waals surface area contributed by atoms with Gasteiger partial charge in [0, 0.05) is 44.2 Å². The first-order valence-electron chi connectivity index (χ1n) is 9.87. The smallest absolute Gasteiger partial charge is 0.191 e. The van der Waals surface area contributed by atoms with Crippen LogP contribution >= 0.6 is 11.8 Å². The Bertz CT molecular complexity index is 580. The SMILES string of the molecule is CN=C(NCc1ccc(N2CCC(C)CC2)nc1)NC1CCC(SC)C1. The van der Waals surface area contributed by atoms with Crippen molar-refractivity contribution in [1.29, 1.82) is 0 Å². The van der Waals surface area contributed by atoms with Crippen LogP contribution in [0.3, 0.4) is 0 Å². The summed E-state index contributed by atoms with van der Waals surface area (Å²) >= 11 is 1.98. The van der Waals surface area contributed by atoms with Crippen molar-refractivity contribution in [2.75, 3.05) is 31.3 Å². The van der Waals surface area contributed by atoms with E-state index in [0.717, 1.165) is 42.6 Å². The number of nitrogens with zero attached hydrogens (tertiary/aromatic N) is 3. The zero-order chi connectivity index (χ0) is 18.4. The van der Waals surface area contributed by atoms with E-state index >= 15 is 0 Å². The van der Waals surface area contributed by atoms with Gasteiger partial charge in [-0.15, -0.1) is 0 Å². The highest BCUT2D eigenvalue weighted by molar-refractivity contribution is 7.99. The molecule has 2 heterocycles. The predicted octanol–water partition coefficient (Wildman–Crippen LogP) is 3.27. The average molecular weight is 376 g/mol. The van der Waals surface area contributed by atoms with Gasteiger partial charge in [0.25, 0.3) is 0 Å². The van der Waals surface area contributed by atoms with Crippen LogP contribution < -0.4 is 15.5 Å². The molecule has 6 heteroatoms. The van der Waals surface area contributed by atoms with E-state index in [1.807, 2.05) is 25.0 Å². The molecule has 2 fully saturated rings. The van der Waals surface area contributed by atoms with Crippen molar-refractivity contribution >= 4 is 23.5 Å². The fourth-order valence-corrected chi connectivity index (χ4v) is 4.60. The maximum atomic E-state index is 4.68. The fraction of sp³-hybridized carbons (Fsp3) is 0.700. The molecule has 0 bridgehead atoms. The van der Waals surface area contributed by atoms with E-state index in [1.54, 1.807) is 0 Å². The number of hydrogen-bond donors (Lipinski definition) is 2. The highest BCUT2D eigenvalue weighted by Gasteiger charge is 2.24. The number of anilines is 1. The Morgan fingerprint density at radius 1 is 1.27 bits per heavy atom. The number of nitrogens with one attached hydrogen (secondary N) is 2. The van der Waals surface area contributed by atoms with E-state index in [9.17, 15) is 0 Å². The summed E-state index contributed by atoms with van der Waals surface area (Å²) in [6.07, 6.45) is 10.5. The number of thioether (sulfide) groups is 1. The summed E-state index contributed by atoms with van der Waals surface area (Å²) < 4.78 is 0. The first-order valence-corrected chi connectivity index (χ1v) is 11.2. The van der Waals surface area contributed by atoms with Crippen molar-refractivity contribution in [2.45, 2.75) is 56.9 Å². The molecule has 0 radical (unpaired) electrons. The molecular formula is C20H33N5S. The molecule has 0 amide bonds. The highest BCUT2D eigenvalue weighted by atomic mass is 32.2. The van der Waals surface area contributed by atoms with Crippen LogP contribution in [-0.4, -0.2) is 48.6 Å². The minimum Gasteiger partial charge on any atom is -0.357 e. The molecule has 1 aromatic rings. The van der Waals surface area contributed by atoms with Crippen LogP contribution in [0.1, 0.15) is 44.6 Å². The summed E-state index contributed by atoms with van der Waals surface area (Å²) in [5, 5.41) is 7.78. The Hall–Kier alpha value is -1.43. The molecule has 1 saturated heterocycles. The van der Waals surface area contributed by atoms with E-state index in [0.29, 0.717) is 6.04 Å². The lowest BCUT2D eigenvalue weighted by Crippen LogP contribution is -2.42. The molecule has 1 aliphatic heterocycles. The second-order valence-corrected chi connectivity index (χ2v) is 8.77. The van der Waals surface area contributed by atoms with Crippen molar-refractivity contribution in [3.8, 4) is 0 Å². The summed E-state index contributed by atoms with van der Waals surface area (Å²) in [6, 6.07) is 4.88. The van der Waals surface area contributed by atoms with E-state index in [2.05, 4.69) is 50.8 Å². The third-order valence-electron chi connectivity index (χ3n) is 5.66. The van der Waals surface area contributed by atoms with E-state index in [1.165, 1.54) is 37.7 Å². The lowest BCUT2D eigenvalue weighted by molar-refractivity contribution is 0.436. The molecule has 1 aromatic heterocycles. The van der Waals surface area contributed by atoms with Gasteiger partial charge in [0.1, 0.15) is 5.82 Å². The van der Waals surface area contributed by atoms with Gasteiger partial charge in [-0.1, -0.05) is 13.0 Å². The molecule has 0 aromatic carbocycles. The zero-order valence-corrected chi connectivity index (χ0v) is 17.2. The van der Waals surface area contributed by atoms with Crippen molar-refractivity contribution in [3.63, 3.8) is 0 Å². The first kappa shape index (κ1) is 19.3. The van der Waals surface area contributed by atoms with Crippen molar-refractivity contribution in [1.82, 2.24) is 15.6 Å². The van der Waals surface area contributed by atoms with Gasteiger partial charge in [-0.3, -0.25) is 4.99 Å². The largest absolute Gasteiger partial charge is 0.357 e. The summed E-state index contributed by atoms with van der Waals surface area (Å²) in [6.45, 7) is 5.34. The van der Waals surface area contributed by atoms with Crippen molar-refractivity contribution < 1.29 is 0 Å². The molecule has 3 rings (SSSR count). The van der Waals surface area contributed by atoms with Crippen LogP contribution in [0, 0.1) is 5.92 Å². The van der Waals surface area contributed by atoms with Crippen LogP contribution in [0.15, 0.2) is 23.3 Å². The summed E-state index contributed by atoms with van der Waals surface area (Å²) in [4.78, 5) is 11.5. The molecule has 26 heavy (non-hydrogen) atoms. The number of rotatable bonds is 5. The number of aromatic nitrogens is 1. The minimum atomic E-state index is 0.542. The molecule has 5 nitrogen and oxygen atoms in total. The minimum absolute atomic E-state index is 0.542. The number of aliphatic imine (C=N–C) groups is 1. The molecule has 2 aliphatic rings. The van der Waals surface area contributed by atoms with Gasteiger partial charge >= 0.3 is 0 Å². The third kappa shape index (κ3) is 5.29. The normalized spacial score (nSPS) is 24.7. The third-order valence-corrected chi connectivity index (χ3v) is 6.75. The summed E-state index contributed by atoms with van der Waals surface area (Å²) in [5.41, 5.74) is 1.19. The second-order valence-electron chi connectivity index (χ2n) is 7.63.